The van der Waals surface area contributed by atoms with Gasteiger partial charge < -0.3 is 21.2 Å². The summed E-state index contributed by atoms with van der Waals surface area (Å²) in [5.41, 5.74) is 1.56. The highest BCUT2D eigenvalue weighted by Crippen LogP contribution is 2.26. The molecule has 1 aliphatic rings. The van der Waals surface area contributed by atoms with Gasteiger partial charge in [0.05, 0.1) is 12.1 Å². The van der Waals surface area contributed by atoms with Crippen LogP contribution >= 0.6 is 0 Å². The second-order valence-electron chi connectivity index (χ2n) is 6.97. The summed E-state index contributed by atoms with van der Waals surface area (Å²) in [6.45, 7) is 2.27. The average Bonchev–Trinajstić information content (AvgIpc) is 2.70. The number of carbonyl (C=O) groups is 3. The fourth-order valence-electron chi connectivity index (χ4n) is 3.49. The minimum Gasteiger partial charge on any atom is -0.481 e. The van der Waals surface area contributed by atoms with Crippen LogP contribution in [0.4, 0.5) is 5.69 Å². The van der Waals surface area contributed by atoms with E-state index in [0.717, 1.165) is 17.7 Å². The highest BCUT2D eigenvalue weighted by atomic mass is 16.4. The third-order valence-electron chi connectivity index (χ3n) is 5.07. The van der Waals surface area contributed by atoms with Crippen LogP contribution in [0, 0.1) is 24.2 Å². The number of nitrogens with two attached hydrogens (primary N) is 1. The van der Waals surface area contributed by atoms with Crippen LogP contribution in [-0.2, 0) is 14.4 Å². The number of rotatable bonds is 8. The highest BCUT2D eigenvalue weighted by molar-refractivity contribution is 5.98. The standard InChI is InChI=1S/C21H26N4O4/c1-3-17(21(28)29)18(4-2)24-19(26)12-15-6-5-11-25(20(15)27)16-9-7-14(8-10-16)13-23-22/h2,7-10,13,15,17-18H,3,5-6,11-12,22H2,1H3,(H,24,26)(H,28,29). The number of carboxylic acids is 1. The summed E-state index contributed by atoms with van der Waals surface area (Å²) in [6, 6.07) is 6.33. The second kappa shape index (κ2) is 10.3. The monoisotopic (exact) mass is 398 g/mol. The van der Waals surface area contributed by atoms with Crippen molar-refractivity contribution in [3.63, 3.8) is 0 Å². The van der Waals surface area contributed by atoms with Crippen molar-refractivity contribution in [2.45, 2.75) is 38.6 Å². The molecule has 8 heteroatoms. The Balaban J connectivity index is 2.03. The molecule has 0 radical (unpaired) electrons. The normalized spacial score (nSPS) is 18.8. The Bertz CT molecular complexity index is 813. The van der Waals surface area contributed by atoms with Gasteiger partial charge in [-0.05, 0) is 37.0 Å². The predicted octanol–water partition coefficient (Wildman–Crippen LogP) is 1.34. The molecule has 1 aromatic carbocycles. The lowest BCUT2D eigenvalue weighted by Gasteiger charge is -2.32. The van der Waals surface area contributed by atoms with Crippen molar-refractivity contribution < 1.29 is 19.5 Å². The SMILES string of the molecule is C#CC(NC(=O)CC1CCCN(c2ccc(C=NN)cc2)C1=O)C(CC)C(=O)O. The topological polar surface area (TPSA) is 125 Å². The van der Waals surface area contributed by atoms with E-state index in [1.165, 1.54) is 6.21 Å². The van der Waals surface area contributed by atoms with Gasteiger partial charge in [0.15, 0.2) is 0 Å². The van der Waals surface area contributed by atoms with Gasteiger partial charge in [0, 0.05) is 24.6 Å². The van der Waals surface area contributed by atoms with Crippen molar-refractivity contribution in [3.8, 4) is 12.3 Å². The fraction of sp³-hybridized carbons (Fsp3) is 0.429. The third kappa shape index (κ3) is 5.57. The first-order valence-corrected chi connectivity index (χ1v) is 9.54. The number of hydrogen-bond acceptors (Lipinski definition) is 5. The van der Waals surface area contributed by atoms with Crippen molar-refractivity contribution in [2.75, 3.05) is 11.4 Å². The maximum Gasteiger partial charge on any atom is 0.309 e. The zero-order chi connectivity index (χ0) is 21.4. The molecule has 3 atom stereocenters. The zero-order valence-electron chi connectivity index (χ0n) is 16.4. The molecule has 3 unspecified atom stereocenters. The van der Waals surface area contributed by atoms with E-state index in [1.54, 1.807) is 11.8 Å². The van der Waals surface area contributed by atoms with E-state index in [9.17, 15) is 19.5 Å². The number of hydrazone groups is 1. The average molecular weight is 398 g/mol. The van der Waals surface area contributed by atoms with E-state index < -0.39 is 29.8 Å². The second-order valence-corrected chi connectivity index (χ2v) is 6.97. The summed E-state index contributed by atoms with van der Waals surface area (Å²) in [5.74, 6) is 4.54. The van der Waals surface area contributed by atoms with E-state index >= 15 is 0 Å². The summed E-state index contributed by atoms with van der Waals surface area (Å²) in [5, 5.41) is 15.3. The van der Waals surface area contributed by atoms with Gasteiger partial charge in [-0.1, -0.05) is 25.0 Å². The number of terminal acetylenes is 1. The summed E-state index contributed by atoms with van der Waals surface area (Å²) >= 11 is 0. The molecule has 8 nitrogen and oxygen atoms in total. The Morgan fingerprint density at radius 2 is 2.14 bits per heavy atom. The van der Waals surface area contributed by atoms with Crippen molar-refractivity contribution in [2.24, 2.45) is 22.8 Å². The number of piperidine rings is 1. The molecule has 29 heavy (non-hydrogen) atoms. The van der Waals surface area contributed by atoms with Crippen LogP contribution in [0.3, 0.4) is 0 Å². The van der Waals surface area contributed by atoms with Crippen LogP contribution in [0.25, 0.3) is 0 Å². The number of carbonyl (C=O) groups excluding carboxylic acids is 2. The zero-order valence-corrected chi connectivity index (χ0v) is 16.4. The lowest BCUT2D eigenvalue weighted by atomic mass is 9.92. The van der Waals surface area contributed by atoms with Crippen LogP contribution in [-0.4, -0.2) is 41.7 Å². The van der Waals surface area contributed by atoms with Gasteiger partial charge in [-0.3, -0.25) is 14.4 Å². The first-order valence-electron chi connectivity index (χ1n) is 9.54. The van der Waals surface area contributed by atoms with Gasteiger partial charge in [0.25, 0.3) is 0 Å². The summed E-state index contributed by atoms with van der Waals surface area (Å²) < 4.78 is 0. The van der Waals surface area contributed by atoms with E-state index in [0.29, 0.717) is 19.4 Å². The van der Waals surface area contributed by atoms with E-state index in [-0.39, 0.29) is 12.3 Å². The van der Waals surface area contributed by atoms with Crippen LogP contribution in [0.1, 0.15) is 38.2 Å². The first kappa shape index (κ1) is 22.0. The van der Waals surface area contributed by atoms with Crippen LogP contribution < -0.4 is 16.1 Å². The number of anilines is 1. The summed E-state index contributed by atoms with van der Waals surface area (Å²) in [6.07, 6.45) is 8.55. The molecule has 0 saturated carbocycles. The lowest BCUT2D eigenvalue weighted by Crippen LogP contribution is -2.46. The van der Waals surface area contributed by atoms with Crippen molar-refractivity contribution in [1.29, 1.82) is 0 Å². The molecule has 0 spiro atoms. The number of carboxylic acid groups (broad SMARTS) is 1. The van der Waals surface area contributed by atoms with Gasteiger partial charge in [0.1, 0.15) is 6.04 Å². The van der Waals surface area contributed by atoms with Gasteiger partial charge in [-0.15, -0.1) is 6.42 Å². The molecule has 1 aliphatic heterocycles. The minimum absolute atomic E-state index is 0.0263. The molecular weight excluding hydrogens is 372 g/mol. The smallest absolute Gasteiger partial charge is 0.309 e. The lowest BCUT2D eigenvalue weighted by molar-refractivity contribution is -0.142. The molecular formula is C21H26N4O4. The number of nitrogens with one attached hydrogen (secondary N) is 1. The molecule has 4 N–H and O–H groups in total. The third-order valence-corrected chi connectivity index (χ3v) is 5.07. The summed E-state index contributed by atoms with van der Waals surface area (Å²) in [4.78, 5) is 38.3. The van der Waals surface area contributed by atoms with Crippen LogP contribution in [0.2, 0.25) is 0 Å². The molecule has 0 aliphatic carbocycles. The first-order chi connectivity index (χ1) is 13.9. The number of benzene rings is 1. The van der Waals surface area contributed by atoms with Gasteiger partial charge >= 0.3 is 5.97 Å². The minimum atomic E-state index is -1.06. The van der Waals surface area contributed by atoms with Crippen molar-refractivity contribution >= 4 is 29.7 Å². The molecule has 1 saturated heterocycles. The largest absolute Gasteiger partial charge is 0.481 e. The number of hydrogen-bond donors (Lipinski definition) is 3. The molecule has 1 heterocycles. The Kier molecular flexibility index (Phi) is 7.78. The van der Waals surface area contributed by atoms with Gasteiger partial charge in [-0.2, -0.15) is 5.10 Å². The molecule has 0 bridgehead atoms. The molecule has 2 rings (SSSR count). The quantitative estimate of drug-likeness (QED) is 0.264. The maximum atomic E-state index is 12.9. The van der Waals surface area contributed by atoms with Crippen molar-refractivity contribution in [1.82, 2.24) is 5.32 Å². The Morgan fingerprint density at radius 1 is 1.45 bits per heavy atom. The Labute approximate surface area is 170 Å². The van der Waals surface area contributed by atoms with Gasteiger partial charge in [-0.25, -0.2) is 0 Å². The molecule has 154 valence electrons. The Morgan fingerprint density at radius 3 is 2.69 bits per heavy atom. The molecule has 0 aromatic heterocycles. The molecule has 1 aromatic rings. The van der Waals surface area contributed by atoms with E-state index in [2.05, 4.69) is 16.3 Å². The molecule has 1 fully saturated rings. The van der Waals surface area contributed by atoms with E-state index in [1.807, 2.05) is 24.3 Å². The van der Waals surface area contributed by atoms with Crippen molar-refractivity contribution in [3.05, 3.63) is 29.8 Å². The van der Waals surface area contributed by atoms with E-state index in [4.69, 9.17) is 12.3 Å². The number of nitrogens with zero attached hydrogens (tertiary/aromatic N) is 2. The Hall–Kier alpha value is -3.34. The highest BCUT2D eigenvalue weighted by Gasteiger charge is 2.33. The maximum absolute atomic E-state index is 12.9. The predicted molar refractivity (Wildman–Crippen MR) is 110 cm³/mol. The number of amides is 2. The van der Waals surface area contributed by atoms with Crippen LogP contribution in [0.15, 0.2) is 29.4 Å². The number of aliphatic carboxylic acids is 1. The summed E-state index contributed by atoms with van der Waals surface area (Å²) in [7, 11) is 0. The van der Waals surface area contributed by atoms with Gasteiger partial charge in [0.2, 0.25) is 11.8 Å². The van der Waals surface area contributed by atoms with Crippen LogP contribution in [0.5, 0.6) is 0 Å². The molecule has 2 amide bonds. The fourth-order valence-corrected chi connectivity index (χ4v) is 3.49.